The van der Waals surface area contributed by atoms with Crippen LogP contribution in [0.3, 0.4) is 0 Å². The van der Waals surface area contributed by atoms with Crippen molar-refractivity contribution in [3.05, 3.63) is 47.0 Å². The first-order valence-corrected chi connectivity index (χ1v) is 9.76. The second kappa shape index (κ2) is 7.66. The van der Waals surface area contributed by atoms with Crippen molar-refractivity contribution in [3.8, 4) is 0 Å². The first-order valence-electron chi connectivity index (χ1n) is 9.38. The van der Waals surface area contributed by atoms with Crippen LogP contribution in [0.25, 0.3) is 0 Å². The highest BCUT2D eigenvalue weighted by molar-refractivity contribution is 6.30. The number of nitrogens with zero attached hydrogens (tertiary/aromatic N) is 3. The molecule has 7 heteroatoms. The number of hydrogen-bond donors (Lipinski definition) is 2. The number of carbonyl (C=O) groups excluding carboxylic acids is 1. The van der Waals surface area contributed by atoms with Crippen molar-refractivity contribution in [1.29, 1.82) is 0 Å². The third kappa shape index (κ3) is 3.85. The Balaban J connectivity index is 1.43. The molecule has 4 rings (SSSR count). The Morgan fingerprint density at radius 1 is 1.27 bits per heavy atom. The van der Waals surface area contributed by atoms with Crippen molar-refractivity contribution in [2.75, 3.05) is 0 Å². The lowest BCUT2D eigenvalue weighted by Gasteiger charge is -2.28. The van der Waals surface area contributed by atoms with Crippen LogP contribution in [0.2, 0.25) is 5.02 Å². The molecule has 1 saturated carbocycles. The minimum absolute atomic E-state index is 0.00159. The summed E-state index contributed by atoms with van der Waals surface area (Å²) in [7, 11) is 0. The minimum atomic E-state index is -0.115. The van der Waals surface area contributed by atoms with E-state index in [1.807, 2.05) is 22.9 Å². The van der Waals surface area contributed by atoms with Crippen LogP contribution in [0, 0.1) is 5.92 Å². The number of urea groups is 1. The summed E-state index contributed by atoms with van der Waals surface area (Å²) in [4.78, 5) is 16.9. The average molecular weight is 374 g/mol. The summed E-state index contributed by atoms with van der Waals surface area (Å²) < 4.78 is 1.87. The Kier molecular flexibility index (Phi) is 5.11. The topological polar surface area (TPSA) is 71.8 Å². The normalized spacial score (nSPS) is 21.2. The maximum Gasteiger partial charge on any atom is 0.315 e. The average Bonchev–Trinajstić information content (AvgIpc) is 3.31. The SMILES string of the molecule is O=C(N[C@H]1CCc2ncnn2C1)N[C@H](c1cccc(Cl)c1)C1CCCC1. The van der Waals surface area contributed by atoms with E-state index in [0.717, 1.165) is 37.1 Å². The summed E-state index contributed by atoms with van der Waals surface area (Å²) in [5.41, 5.74) is 1.08. The second-order valence-corrected chi connectivity index (χ2v) is 7.73. The van der Waals surface area contributed by atoms with Crippen molar-refractivity contribution in [1.82, 2.24) is 25.4 Å². The lowest BCUT2D eigenvalue weighted by atomic mass is 9.91. The van der Waals surface area contributed by atoms with Gasteiger partial charge in [0.15, 0.2) is 0 Å². The Hall–Kier alpha value is -2.08. The first kappa shape index (κ1) is 17.3. The van der Waals surface area contributed by atoms with Crippen molar-refractivity contribution in [2.45, 2.75) is 57.2 Å². The molecule has 1 aliphatic carbocycles. The highest BCUT2D eigenvalue weighted by Gasteiger charge is 2.29. The fourth-order valence-electron chi connectivity index (χ4n) is 4.19. The summed E-state index contributed by atoms with van der Waals surface area (Å²) >= 11 is 6.18. The molecule has 6 nitrogen and oxygen atoms in total. The van der Waals surface area contributed by atoms with Crippen molar-refractivity contribution in [3.63, 3.8) is 0 Å². The molecule has 1 aliphatic heterocycles. The summed E-state index contributed by atoms with van der Waals surface area (Å²) in [6.07, 6.45) is 8.04. The molecule has 0 bridgehead atoms. The van der Waals surface area contributed by atoms with Crippen molar-refractivity contribution >= 4 is 17.6 Å². The van der Waals surface area contributed by atoms with Gasteiger partial charge in [0.1, 0.15) is 12.2 Å². The van der Waals surface area contributed by atoms with Gasteiger partial charge in [-0.25, -0.2) is 14.5 Å². The van der Waals surface area contributed by atoms with E-state index in [4.69, 9.17) is 11.6 Å². The van der Waals surface area contributed by atoms with Crippen molar-refractivity contribution in [2.24, 2.45) is 5.92 Å². The van der Waals surface area contributed by atoms with E-state index >= 15 is 0 Å². The Labute approximate surface area is 158 Å². The van der Waals surface area contributed by atoms with Gasteiger partial charge in [-0.05, 0) is 42.9 Å². The van der Waals surface area contributed by atoms with Gasteiger partial charge in [-0.2, -0.15) is 5.10 Å². The summed E-state index contributed by atoms with van der Waals surface area (Å²) in [5.74, 6) is 1.46. The molecule has 138 valence electrons. The Bertz CT molecular complexity index is 771. The van der Waals surface area contributed by atoms with Gasteiger partial charge in [-0.15, -0.1) is 0 Å². The number of nitrogens with one attached hydrogen (secondary N) is 2. The van der Waals surface area contributed by atoms with Crippen LogP contribution < -0.4 is 10.6 Å². The third-order valence-electron chi connectivity index (χ3n) is 5.51. The molecule has 2 aromatic rings. The monoisotopic (exact) mass is 373 g/mol. The van der Waals surface area contributed by atoms with Gasteiger partial charge in [0.05, 0.1) is 18.6 Å². The standard InChI is InChI=1S/C19H24ClN5O/c20-15-7-3-6-14(10-15)18(13-4-1-2-5-13)24-19(26)23-16-8-9-17-21-12-22-25(17)11-16/h3,6-7,10,12-13,16,18H,1-2,4-5,8-9,11H2,(H2,23,24,26)/t16-,18-/m0/s1. The van der Waals surface area contributed by atoms with Gasteiger partial charge in [0.25, 0.3) is 0 Å². The van der Waals surface area contributed by atoms with Crippen LogP contribution >= 0.6 is 11.6 Å². The molecule has 1 aromatic heterocycles. The van der Waals surface area contributed by atoms with E-state index in [2.05, 4.69) is 26.8 Å². The van der Waals surface area contributed by atoms with Crippen LogP contribution in [0.5, 0.6) is 0 Å². The van der Waals surface area contributed by atoms with Crippen LogP contribution in [0.15, 0.2) is 30.6 Å². The molecule has 2 amide bonds. The zero-order valence-electron chi connectivity index (χ0n) is 14.7. The van der Waals surface area contributed by atoms with Gasteiger partial charge in [0.2, 0.25) is 0 Å². The Morgan fingerprint density at radius 2 is 2.12 bits per heavy atom. The maximum absolute atomic E-state index is 12.7. The van der Waals surface area contributed by atoms with Gasteiger partial charge >= 0.3 is 6.03 Å². The molecule has 0 spiro atoms. The molecule has 0 saturated heterocycles. The zero-order chi connectivity index (χ0) is 17.9. The number of amides is 2. The van der Waals surface area contributed by atoms with Gasteiger partial charge in [-0.1, -0.05) is 36.6 Å². The number of hydrogen-bond acceptors (Lipinski definition) is 3. The van der Waals surface area contributed by atoms with E-state index in [1.165, 1.54) is 12.8 Å². The van der Waals surface area contributed by atoms with Crippen LogP contribution in [0.4, 0.5) is 4.79 Å². The fraction of sp³-hybridized carbons (Fsp3) is 0.526. The van der Waals surface area contributed by atoms with Crippen LogP contribution in [0.1, 0.15) is 49.5 Å². The predicted octanol–water partition coefficient (Wildman–Crippen LogP) is 3.48. The lowest BCUT2D eigenvalue weighted by Crippen LogP contribution is -2.47. The lowest BCUT2D eigenvalue weighted by molar-refractivity contribution is 0.222. The number of benzene rings is 1. The zero-order valence-corrected chi connectivity index (χ0v) is 15.5. The molecular weight excluding hydrogens is 350 g/mol. The number of aryl methyl sites for hydroxylation is 1. The van der Waals surface area contributed by atoms with Gasteiger partial charge in [0, 0.05) is 11.4 Å². The quantitative estimate of drug-likeness (QED) is 0.861. The number of fused-ring (bicyclic) bond motifs is 1. The van der Waals surface area contributed by atoms with Crippen molar-refractivity contribution < 1.29 is 4.79 Å². The molecule has 2 heterocycles. The van der Waals surface area contributed by atoms with E-state index < -0.39 is 0 Å². The van der Waals surface area contributed by atoms with E-state index in [0.29, 0.717) is 17.5 Å². The third-order valence-corrected chi connectivity index (χ3v) is 5.74. The highest BCUT2D eigenvalue weighted by Crippen LogP contribution is 2.36. The second-order valence-electron chi connectivity index (χ2n) is 7.29. The molecule has 1 aromatic carbocycles. The molecular formula is C19H24ClN5O. The molecule has 2 N–H and O–H groups in total. The van der Waals surface area contributed by atoms with E-state index in [9.17, 15) is 4.79 Å². The molecule has 1 fully saturated rings. The number of rotatable bonds is 4. The number of halogens is 1. The molecule has 0 unspecified atom stereocenters. The number of aromatic nitrogens is 3. The van der Waals surface area contributed by atoms with E-state index in [-0.39, 0.29) is 18.1 Å². The summed E-state index contributed by atoms with van der Waals surface area (Å²) in [6.45, 7) is 0.675. The molecule has 26 heavy (non-hydrogen) atoms. The predicted molar refractivity (Wildman–Crippen MR) is 99.9 cm³/mol. The number of carbonyl (C=O) groups is 1. The maximum atomic E-state index is 12.7. The van der Waals surface area contributed by atoms with Gasteiger partial charge in [-0.3, -0.25) is 0 Å². The molecule has 2 aliphatic rings. The van der Waals surface area contributed by atoms with Crippen LogP contribution in [-0.2, 0) is 13.0 Å². The fourth-order valence-corrected chi connectivity index (χ4v) is 4.39. The highest BCUT2D eigenvalue weighted by atomic mass is 35.5. The molecule has 2 atom stereocenters. The summed E-state index contributed by atoms with van der Waals surface area (Å²) in [6, 6.07) is 7.80. The first-order chi connectivity index (χ1) is 12.7. The summed E-state index contributed by atoms with van der Waals surface area (Å²) in [5, 5.41) is 11.3. The Morgan fingerprint density at radius 3 is 2.92 bits per heavy atom. The minimum Gasteiger partial charge on any atom is -0.334 e. The van der Waals surface area contributed by atoms with Gasteiger partial charge < -0.3 is 10.6 Å². The largest absolute Gasteiger partial charge is 0.334 e. The smallest absolute Gasteiger partial charge is 0.315 e. The van der Waals surface area contributed by atoms with Crippen LogP contribution in [-0.4, -0.2) is 26.8 Å². The van der Waals surface area contributed by atoms with E-state index in [1.54, 1.807) is 6.33 Å². The molecule has 0 radical (unpaired) electrons.